The van der Waals surface area contributed by atoms with E-state index < -0.39 is 0 Å². The Morgan fingerprint density at radius 3 is 2.52 bits per heavy atom. The summed E-state index contributed by atoms with van der Waals surface area (Å²) in [4.78, 5) is 7.12. The molecule has 2 aliphatic heterocycles. The Morgan fingerprint density at radius 2 is 1.96 bits per heavy atom. The first kappa shape index (κ1) is 21.2. The lowest BCUT2D eigenvalue weighted by Crippen LogP contribution is -2.48. The molecule has 2 heterocycles. The average Bonchev–Trinajstić information content (AvgIpc) is 3.20. The highest BCUT2D eigenvalue weighted by Gasteiger charge is 2.46. The molecule has 146 valence electrons. The fraction of sp³-hybridized carbons (Fsp3) is 0.947. The number of halogens is 1. The molecule has 0 aromatic heterocycles. The van der Waals surface area contributed by atoms with Crippen LogP contribution in [0.3, 0.4) is 0 Å². The van der Waals surface area contributed by atoms with Gasteiger partial charge in [-0.1, -0.05) is 13.8 Å². The van der Waals surface area contributed by atoms with Gasteiger partial charge in [0.15, 0.2) is 5.96 Å². The molecule has 1 N–H and O–H groups in total. The number of aliphatic imine (C=N–C) groups is 1. The molecular weight excluding hydrogens is 429 g/mol. The molecule has 0 spiro atoms. The molecule has 0 radical (unpaired) electrons. The van der Waals surface area contributed by atoms with Gasteiger partial charge in [0.2, 0.25) is 0 Å². The zero-order chi connectivity index (χ0) is 17.0. The fourth-order valence-corrected chi connectivity index (χ4v) is 3.67. The largest absolute Gasteiger partial charge is 0.376 e. The molecule has 0 bridgehead atoms. The summed E-state index contributed by atoms with van der Waals surface area (Å²) in [6, 6.07) is 0.584. The number of ether oxygens (including phenoxy) is 2. The van der Waals surface area contributed by atoms with Crippen LogP contribution in [-0.4, -0.2) is 62.0 Å². The lowest BCUT2D eigenvalue weighted by molar-refractivity contribution is -0.0721. The third kappa shape index (κ3) is 6.24. The van der Waals surface area contributed by atoms with E-state index in [-0.39, 0.29) is 24.0 Å². The number of hydrogen-bond donors (Lipinski definition) is 1. The lowest BCUT2D eigenvalue weighted by Gasteiger charge is -2.35. The molecule has 6 heteroatoms. The quantitative estimate of drug-likeness (QED) is 0.384. The van der Waals surface area contributed by atoms with E-state index in [4.69, 9.17) is 14.5 Å². The molecule has 0 amide bonds. The topological polar surface area (TPSA) is 46.1 Å². The number of likely N-dealkylation sites (tertiary alicyclic amines) is 1. The van der Waals surface area contributed by atoms with Crippen LogP contribution in [0.25, 0.3) is 0 Å². The van der Waals surface area contributed by atoms with Gasteiger partial charge in [-0.3, -0.25) is 4.99 Å². The minimum atomic E-state index is 0. The van der Waals surface area contributed by atoms with Crippen molar-refractivity contribution in [3.05, 3.63) is 0 Å². The van der Waals surface area contributed by atoms with Crippen LogP contribution >= 0.6 is 24.0 Å². The van der Waals surface area contributed by atoms with Crippen LogP contribution < -0.4 is 5.32 Å². The van der Waals surface area contributed by atoms with Crippen LogP contribution in [0, 0.1) is 5.41 Å². The fourth-order valence-electron chi connectivity index (χ4n) is 3.67. The summed E-state index contributed by atoms with van der Waals surface area (Å²) >= 11 is 0. The highest BCUT2D eigenvalue weighted by atomic mass is 127. The number of guanidine groups is 1. The molecule has 2 saturated heterocycles. The Bertz CT molecular complexity index is 430. The SMILES string of the molecule is CCN=C(NC1CC1(C)C)N1CCC(OCC2CCCCO2)CC1.I. The Kier molecular flexibility index (Phi) is 8.27. The molecule has 1 aliphatic carbocycles. The summed E-state index contributed by atoms with van der Waals surface area (Å²) in [7, 11) is 0. The van der Waals surface area contributed by atoms with E-state index in [9.17, 15) is 0 Å². The number of rotatable bonds is 5. The van der Waals surface area contributed by atoms with Crippen molar-refractivity contribution in [3.8, 4) is 0 Å². The van der Waals surface area contributed by atoms with Gasteiger partial charge in [0.05, 0.1) is 18.8 Å². The predicted molar refractivity (Wildman–Crippen MR) is 113 cm³/mol. The van der Waals surface area contributed by atoms with Crippen molar-refractivity contribution >= 4 is 29.9 Å². The van der Waals surface area contributed by atoms with Gasteiger partial charge in [-0.05, 0) is 50.9 Å². The average molecular weight is 465 g/mol. The summed E-state index contributed by atoms with van der Waals surface area (Å²) in [5.41, 5.74) is 0.427. The van der Waals surface area contributed by atoms with Gasteiger partial charge in [-0.25, -0.2) is 0 Å². The molecule has 2 unspecified atom stereocenters. The lowest BCUT2D eigenvalue weighted by atomic mass is 10.1. The van der Waals surface area contributed by atoms with Crippen LogP contribution in [-0.2, 0) is 9.47 Å². The molecule has 25 heavy (non-hydrogen) atoms. The highest BCUT2D eigenvalue weighted by molar-refractivity contribution is 14.0. The van der Waals surface area contributed by atoms with Gasteiger partial charge in [0.25, 0.3) is 0 Å². The van der Waals surface area contributed by atoms with Gasteiger partial charge in [0.1, 0.15) is 0 Å². The minimum absolute atomic E-state index is 0. The Balaban J connectivity index is 0.00000225. The number of nitrogens with zero attached hydrogens (tertiary/aromatic N) is 2. The summed E-state index contributed by atoms with van der Waals surface area (Å²) in [5.74, 6) is 1.10. The molecule has 0 aromatic carbocycles. The first-order valence-electron chi connectivity index (χ1n) is 9.87. The normalized spacial score (nSPS) is 29.9. The maximum atomic E-state index is 6.13. The van der Waals surface area contributed by atoms with Crippen molar-refractivity contribution in [3.63, 3.8) is 0 Å². The second kappa shape index (κ2) is 9.74. The number of hydrogen-bond acceptors (Lipinski definition) is 3. The zero-order valence-corrected chi connectivity index (χ0v) is 18.5. The summed E-state index contributed by atoms with van der Waals surface area (Å²) in [5, 5.41) is 3.67. The van der Waals surface area contributed by atoms with Crippen molar-refractivity contribution in [2.45, 2.75) is 77.5 Å². The van der Waals surface area contributed by atoms with Crippen LogP contribution in [0.4, 0.5) is 0 Å². The smallest absolute Gasteiger partial charge is 0.194 e. The van der Waals surface area contributed by atoms with E-state index in [1.165, 1.54) is 19.3 Å². The first-order valence-corrected chi connectivity index (χ1v) is 9.87. The second-order valence-corrected chi connectivity index (χ2v) is 8.20. The van der Waals surface area contributed by atoms with Crippen molar-refractivity contribution in [1.29, 1.82) is 0 Å². The van der Waals surface area contributed by atoms with Crippen LogP contribution in [0.15, 0.2) is 4.99 Å². The van der Waals surface area contributed by atoms with E-state index in [0.29, 0.717) is 23.7 Å². The maximum absolute atomic E-state index is 6.13. The van der Waals surface area contributed by atoms with Crippen molar-refractivity contribution in [1.82, 2.24) is 10.2 Å². The Hall–Kier alpha value is -0.0800. The predicted octanol–water partition coefficient (Wildman–Crippen LogP) is 3.42. The van der Waals surface area contributed by atoms with Crippen molar-refractivity contribution in [2.24, 2.45) is 10.4 Å². The van der Waals surface area contributed by atoms with E-state index in [1.807, 2.05) is 0 Å². The number of piperidine rings is 1. The van der Waals surface area contributed by atoms with E-state index in [2.05, 4.69) is 31.0 Å². The first-order chi connectivity index (χ1) is 11.6. The van der Waals surface area contributed by atoms with E-state index >= 15 is 0 Å². The van der Waals surface area contributed by atoms with E-state index in [1.54, 1.807) is 0 Å². The van der Waals surface area contributed by atoms with Gasteiger partial charge in [0, 0.05) is 32.3 Å². The molecule has 3 aliphatic rings. The molecule has 1 saturated carbocycles. The van der Waals surface area contributed by atoms with Crippen LogP contribution in [0.1, 0.15) is 59.3 Å². The molecular formula is C19H36IN3O2. The Morgan fingerprint density at radius 1 is 1.24 bits per heavy atom. The van der Waals surface area contributed by atoms with Gasteiger partial charge in [-0.2, -0.15) is 0 Å². The monoisotopic (exact) mass is 465 g/mol. The summed E-state index contributed by atoms with van der Waals surface area (Å²) in [6.45, 7) is 11.3. The van der Waals surface area contributed by atoms with Gasteiger partial charge < -0.3 is 19.7 Å². The molecule has 3 fully saturated rings. The molecule has 5 nitrogen and oxygen atoms in total. The summed E-state index contributed by atoms with van der Waals surface area (Å²) < 4.78 is 11.9. The zero-order valence-electron chi connectivity index (χ0n) is 16.1. The molecule has 2 atom stereocenters. The maximum Gasteiger partial charge on any atom is 0.194 e. The highest BCUT2D eigenvalue weighted by Crippen LogP contribution is 2.44. The molecule has 3 rings (SSSR count). The Labute approximate surface area is 170 Å². The third-order valence-corrected chi connectivity index (χ3v) is 5.66. The third-order valence-electron chi connectivity index (χ3n) is 5.66. The number of nitrogens with one attached hydrogen (secondary N) is 1. The molecule has 0 aromatic rings. The minimum Gasteiger partial charge on any atom is -0.376 e. The van der Waals surface area contributed by atoms with Gasteiger partial charge in [-0.15, -0.1) is 24.0 Å². The standard InChI is InChI=1S/C19H35N3O2.HI/c1-4-20-18(21-17-13-19(17,2)3)22-10-8-15(9-11-22)24-14-16-7-5-6-12-23-16;/h15-17H,4-14H2,1-3H3,(H,20,21);1H. The van der Waals surface area contributed by atoms with Gasteiger partial charge >= 0.3 is 0 Å². The van der Waals surface area contributed by atoms with Crippen molar-refractivity contribution in [2.75, 3.05) is 32.8 Å². The van der Waals surface area contributed by atoms with Crippen LogP contribution in [0.2, 0.25) is 0 Å². The van der Waals surface area contributed by atoms with Crippen molar-refractivity contribution < 1.29 is 9.47 Å². The second-order valence-electron chi connectivity index (χ2n) is 8.20. The van der Waals surface area contributed by atoms with E-state index in [0.717, 1.165) is 58.1 Å². The summed E-state index contributed by atoms with van der Waals surface area (Å²) in [6.07, 6.45) is 7.78. The van der Waals surface area contributed by atoms with Crippen LogP contribution in [0.5, 0.6) is 0 Å².